The summed E-state index contributed by atoms with van der Waals surface area (Å²) in [5.74, 6) is 0.419. The van der Waals surface area contributed by atoms with E-state index >= 15 is 0 Å². The van der Waals surface area contributed by atoms with Gasteiger partial charge in [-0.3, -0.25) is 0 Å². The molecule has 3 aromatic rings. The Hall–Kier alpha value is -2.74. The van der Waals surface area contributed by atoms with Gasteiger partial charge in [-0.15, -0.1) is 0 Å². The zero-order valence-electron chi connectivity index (χ0n) is 16.8. The third-order valence-electron chi connectivity index (χ3n) is 4.63. The molecule has 1 saturated heterocycles. The summed E-state index contributed by atoms with van der Waals surface area (Å²) < 4.78 is 17.0. The summed E-state index contributed by atoms with van der Waals surface area (Å²) in [6.07, 6.45) is 2.76. The number of nitrogens with zero attached hydrogens (tertiary/aromatic N) is 4. The minimum absolute atomic E-state index is 0.00462. The number of amides is 1. The molecule has 1 aromatic carbocycles. The van der Waals surface area contributed by atoms with Gasteiger partial charge in [0.2, 0.25) is 5.89 Å². The molecule has 4 rings (SSSR count). The molecular weight excluding hydrogens is 396 g/mol. The minimum atomic E-state index is -0.521. The number of ether oxygens (including phenoxy) is 1. The molecule has 9 heteroatoms. The van der Waals surface area contributed by atoms with Gasteiger partial charge in [0.15, 0.2) is 5.58 Å². The maximum atomic E-state index is 12.4. The first-order valence-corrected chi connectivity index (χ1v) is 9.83. The van der Waals surface area contributed by atoms with E-state index < -0.39 is 5.60 Å². The lowest BCUT2D eigenvalue weighted by Crippen LogP contribution is -2.54. The Bertz CT molecular complexity index is 1030. The molecule has 2 aromatic heterocycles. The van der Waals surface area contributed by atoms with Crippen LogP contribution in [-0.2, 0) is 4.74 Å². The van der Waals surface area contributed by atoms with Crippen LogP contribution in [0.3, 0.4) is 0 Å². The highest BCUT2D eigenvalue weighted by Crippen LogP contribution is 2.34. The number of carbonyl (C=O) groups is 1. The molecule has 1 aliphatic heterocycles. The summed E-state index contributed by atoms with van der Waals surface area (Å²) >= 11 is 6.25. The Kier molecular flexibility index (Phi) is 4.90. The number of fused-ring (bicyclic) bond motifs is 1. The molecule has 1 aliphatic rings. The van der Waals surface area contributed by atoms with Gasteiger partial charge in [-0.05, 0) is 39.8 Å². The van der Waals surface area contributed by atoms with E-state index in [1.807, 2.05) is 32.6 Å². The van der Waals surface area contributed by atoms with E-state index in [1.54, 1.807) is 23.2 Å². The van der Waals surface area contributed by atoms with Crippen molar-refractivity contribution in [1.82, 2.24) is 14.9 Å². The monoisotopic (exact) mass is 418 g/mol. The first-order valence-electron chi connectivity index (χ1n) is 9.46. The smallest absolute Gasteiger partial charge is 0.410 e. The molecule has 0 bridgehead atoms. The summed E-state index contributed by atoms with van der Waals surface area (Å²) in [5, 5.41) is 0.522. The zero-order valence-corrected chi connectivity index (χ0v) is 17.6. The lowest BCUT2D eigenvalue weighted by Gasteiger charge is -2.39. The van der Waals surface area contributed by atoms with Crippen LogP contribution in [0.25, 0.3) is 22.6 Å². The number of oxazole rings is 2. The van der Waals surface area contributed by atoms with Crippen molar-refractivity contribution in [2.75, 3.05) is 24.5 Å². The predicted octanol–water partition coefficient (Wildman–Crippen LogP) is 4.58. The lowest BCUT2D eigenvalue weighted by molar-refractivity contribution is 0.0216. The molecule has 8 nitrogen and oxygen atoms in total. The molecular formula is C20H23ClN4O4. The van der Waals surface area contributed by atoms with Crippen molar-refractivity contribution in [1.29, 1.82) is 0 Å². The molecule has 29 heavy (non-hydrogen) atoms. The summed E-state index contributed by atoms with van der Waals surface area (Å²) in [4.78, 5) is 24.9. The van der Waals surface area contributed by atoms with E-state index in [1.165, 1.54) is 6.26 Å². The van der Waals surface area contributed by atoms with Crippen molar-refractivity contribution >= 4 is 34.8 Å². The number of piperazine rings is 1. The van der Waals surface area contributed by atoms with Crippen molar-refractivity contribution in [3.63, 3.8) is 0 Å². The SMILES string of the molecule is C[C@H]1CN(C(=O)OC(C)(C)C)CCN1c1nc2cc(Cl)cc(-c3ncco3)c2o1. The van der Waals surface area contributed by atoms with Gasteiger partial charge in [-0.1, -0.05) is 11.6 Å². The Balaban J connectivity index is 1.58. The Morgan fingerprint density at radius 1 is 1.31 bits per heavy atom. The van der Waals surface area contributed by atoms with Crippen LogP contribution in [0, 0.1) is 0 Å². The van der Waals surface area contributed by atoms with Crippen molar-refractivity contribution < 1.29 is 18.4 Å². The van der Waals surface area contributed by atoms with Gasteiger partial charge < -0.3 is 23.4 Å². The molecule has 1 amide bonds. The highest BCUT2D eigenvalue weighted by molar-refractivity contribution is 6.31. The Morgan fingerprint density at radius 3 is 2.76 bits per heavy atom. The molecule has 3 heterocycles. The summed E-state index contributed by atoms with van der Waals surface area (Å²) in [6.45, 7) is 9.22. The van der Waals surface area contributed by atoms with E-state index in [-0.39, 0.29) is 12.1 Å². The number of halogens is 1. The molecule has 0 unspecified atom stereocenters. The van der Waals surface area contributed by atoms with E-state index in [9.17, 15) is 4.79 Å². The first-order chi connectivity index (χ1) is 13.7. The fourth-order valence-electron chi connectivity index (χ4n) is 3.36. The number of hydrogen-bond acceptors (Lipinski definition) is 7. The molecule has 0 spiro atoms. The molecule has 154 valence electrons. The van der Waals surface area contributed by atoms with Crippen LogP contribution in [0.5, 0.6) is 0 Å². The fourth-order valence-corrected chi connectivity index (χ4v) is 3.57. The number of aromatic nitrogens is 2. The van der Waals surface area contributed by atoms with Gasteiger partial charge >= 0.3 is 6.09 Å². The van der Waals surface area contributed by atoms with Gasteiger partial charge in [-0.25, -0.2) is 9.78 Å². The molecule has 0 N–H and O–H groups in total. The number of anilines is 1. The molecule has 0 aliphatic carbocycles. The quantitative estimate of drug-likeness (QED) is 0.602. The van der Waals surface area contributed by atoms with Gasteiger partial charge in [-0.2, -0.15) is 4.98 Å². The summed E-state index contributed by atoms with van der Waals surface area (Å²) in [6, 6.07) is 3.98. The van der Waals surface area contributed by atoms with Gasteiger partial charge in [0.05, 0.1) is 11.8 Å². The first kappa shape index (κ1) is 19.6. The van der Waals surface area contributed by atoms with Crippen LogP contribution in [0.2, 0.25) is 5.02 Å². The molecule has 0 saturated carbocycles. The van der Waals surface area contributed by atoms with E-state index in [4.69, 9.17) is 25.2 Å². The van der Waals surface area contributed by atoms with Crippen molar-refractivity contribution in [3.05, 3.63) is 29.6 Å². The number of rotatable bonds is 2. The maximum Gasteiger partial charge on any atom is 0.410 e. The van der Waals surface area contributed by atoms with E-state index in [0.717, 1.165) is 0 Å². The van der Waals surface area contributed by atoms with Crippen molar-refractivity contribution in [2.24, 2.45) is 0 Å². The van der Waals surface area contributed by atoms with Crippen LogP contribution >= 0.6 is 11.6 Å². The number of benzene rings is 1. The predicted molar refractivity (Wildman–Crippen MR) is 109 cm³/mol. The van der Waals surface area contributed by atoms with Crippen LogP contribution in [-0.4, -0.2) is 52.2 Å². The van der Waals surface area contributed by atoms with Crippen LogP contribution in [0.1, 0.15) is 27.7 Å². The van der Waals surface area contributed by atoms with Gasteiger partial charge in [0.25, 0.3) is 6.01 Å². The van der Waals surface area contributed by atoms with E-state index in [0.29, 0.717) is 53.2 Å². The second kappa shape index (κ2) is 7.26. The van der Waals surface area contributed by atoms with Crippen LogP contribution in [0.15, 0.2) is 33.4 Å². The maximum absolute atomic E-state index is 12.4. The average Bonchev–Trinajstić information content (AvgIpc) is 3.29. The Labute approximate surface area is 173 Å². The third kappa shape index (κ3) is 4.03. The van der Waals surface area contributed by atoms with Gasteiger partial charge in [0.1, 0.15) is 17.4 Å². The highest BCUT2D eigenvalue weighted by atomic mass is 35.5. The minimum Gasteiger partial charge on any atom is -0.444 e. The second-order valence-electron chi connectivity index (χ2n) is 8.10. The highest BCUT2D eigenvalue weighted by Gasteiger charge is 2.32. The number of carbonyl (C=O) groups excluding carboxylic acids is 1. The van der Waals surface area contributed by atoms with Crippen LogP contribution < -0.4 is 4.90 Å². The molecule has 1 atom stereocenters. The average molecular weight is 419 g/mol. The molecule has 0 radical (unpaired) electrons. The largest absolute Gasteiger partial charge is 0.444 e. The normalized spacial score (nSPS) is 17.8. The topological polar surface area (TPSA) is 84.8 Å². The number of hydrogen-bond donors (Lipinski definition) is 0. The lowest BCUT2D eigenvalue weighted by atomic mass is 10.2. The third-order valence-corrected chi connectivity index (χ3v) is 4.85. The zero-order chi connectivity index (χ0) is 20.8. The van der Waals surface area contributed by atoms with Crippen LogP contribution in [0.4, 0.5) is 10.8 Å². The summed E-state index contributed by atoms with van der Waals surface area (Å²) in [7, 11) is 0. The van der Waals surface area contributed by atoms with Gasteiger partial charge in [0, 0.05) is 30.7 Å². The second-order valence-corrected chi connectivity index (χ2v) is 8.54. The van der Waals surface area contributed by atoms with Crippen molar-refractivity contribution in [3.8, 4) is 11.5 Å². The van der Waals surface area contributed by atoms with E-state index in [2.05, 4.69) is 9.97 Å². The fraction of sp³-hybridized carbons (Fsp3) is 0.450. The van der Waals surface area contributed by atoms with Crippen molar-refractivity contribution in [2.45, 2.75) is 39.3 Å². The molecule has 1 fully saturated rings. The standard InChI is InChI=1S/C20H23ClN4O4/c1-12-11-24(19(26)29-20(2,3)4)6-7-25(12)18-23-15-10-13(21)9-14(16(15)28-18)17-22-5-8-27-17/h5,8-10,12H,6-7,11H2,1-4H3/t12-/m0/s1. The summed E-state index contributed by atoms with van der Waals surface area (Å²) in [5.41, 5.74) is 1.32. The Morgan fingerprint density at radius 2 is 2.10 bits per heavy atom.